The summed E-state index contributed by atoms with van der Waals surface area (Å²) in [4.78, 5) is 14.0. The quantitative estimate of drug-likeness (QED) is 0.666. The lowest BCUT2D eigenvalue weighted by atomic mass is 9.84. The maximum Gasteiger partial charge on any atom is 0.166 e. The lowest BCUT2D eigenvalue weighted by Crippen LogP contribution is -2.28. The maximum absolute atomic E-state index is 11.9. The monoisotopic (exact) mass is 217 g/mol. The number of Topliss-reactive ketones (excluding diaryl/α,β-unsaturated/α-hetero) is 1. The molecule has 0 bridgehead atoms. The number of hydrogen-bond donors (Lipinski definition) is 0. The van der Waals surface area contributed by atoms with Crippen molar-refractivity contribution in [2.24, 2.45) is 0 Å². The van der Waals surface area contributed by atoms with Crippen molar-refractivity contribution in [3.63, 3.8) is 0 Å². The van der Waals surface area contributed by atoms with Crippen molar-refractivity contribution in [2.45, 2.75) is 32.6 Å². The first kappa shape index (κ1) is 11.2. The Hall–Kier alpha value is -1.31. The first-order valence-corrected chi connectivity index (χ1v) is 5.78. The lowest BCUT2D eigenvalue weighted by molar-refractivity contribution is 0.0980. The minimum absolute atomic E-state index is 0.103. The summed E-state index contributed by atoms with van der Waals surface area (Å²) in [6, 6.07) is 6.27. The van der Waals surface area contributed by atoms with Gasteiger partial charge in [-0.15, -0.1) is 0 Å². The first-order chi connectivity index (χ1) is 7.39. The molecule has 86 valence electrons. The molecular weight excluding hydrogens is 198 g/mol. The van der Waals surface area contributed by atoms with E-state index < -0.39 is 0 Å². The summed E-state index contributed by atoms with van der Waals surface area (Å²) < 4.78 is 0. The van der Waals surface area contributed by atoms with Crippen LogP contribution in [0.1, 0.15) is 43.1 Å². The Kier molecular flexibility index (Phi) is 2.53. The molecule has 0 aromatic heterocycles. The molecule has 16 heavy (non-hydrogen) atoms. The third-order valence-corrected chi connectivity index (χ3v) is 3.25. The van der Waals surface area contributed by atoms with E-state index in [9.17, 15) is 4.79 Å². The van der Waals surface area contributed by atoms with E-state index in [0.29, 0.717) is 6.42 Å². The summed E-state index contributed by atoms with van der Waals surface area (Å²) >= 11 is 0. The van der Waals surface area contributed by atoms with Crippen LogP contribution in [0.4, 0.5) is 5.69 Å². The number of nitrogens with zero attached hydrogens (tertiary/aromatic N) is 1. The molecule has 0 fully saturated rings. The van der Waals surface area contributed by atoms with Crippen LogP contribution in [0.5, 0.6) is 0 Å². The molecule has 2 rings (SSSR count). The Labute approximate surface area is 97.3 Å². The van der Waals surface area contributed by atoms with Crippen LogP contribution in [0.25, 0.3) is 0 Å². The number of carbonyl (C=O) groups excluding carboxylic acids is 1. The van der Waals surface area contributed by atoms with Crippen LogP contribution in [0.15, 0.2) is 18.2 Å². The van der Waals surface area contributed by atoms with Gasteiger partial charge in [0.2, 0.25) is 0 Å². The third-order valence-electron chi connectivity index (χ3n) is 3.25. The number of hydrogen-bond acceptors (Lipinski definition) is 2. The van der Waals surface area contributed by atoms with Crippen LogP contribution in [-0.4, -0.2) is 19.4 Å². The average Bonchev–Trinajstić information content (AvgIpc) is 2.22. The summed E-state index contributed by atoms with van der Waals surface area (Å²) in [6.45, 7) is 7.35. The van der Waals surface area contributed by atoms with Gasteiger partial charge in [0.1, 0.15) is 0 Å². The predicted molar refractivity (Wildman–Crippen MR) is 67.4 cm³/mol. The highest BCUT2D eigenvalue weighted by molar-refractivity contribution is 6.03. The SMILES string of the molecule is CN1CCC(=O)c2cc(C(C)(C)C)ccc21. The van der Waals surface area contributed by atoms with Gasteiger partial charge in [-0.05, 0) is 23.1 Å². The Morgan fingerprint density at radius 3 is 2.56 bits per heavy atom. The van der Waals surface area contributed by atoms with Crippen LogP contribution < -0.4 is 4.90 Å². The van der Waals surface area contributed by atoms with Gasteiger partial charge >= 0.3 is 0 Å². The molecule has 0 saturated heterocycles. The van der Waals surface area contributed by atoms with Gasteiger partial charge in [-0.25, -0.2) is 0 Å². The van der Waals surface area contributed by atoms with Crippen molar-refractivity contribution >= 4 is 11.5 Å². The Bertz CT molecular complexity index is 429. The highest BCUT2D eigenvalue weighted by Gasteiger charge is 2.23. The van der Waals surface area contributed by atoms with Gasteiger partial charge in [0.25, 0.3) is 0 Å². The highest BCUT2D eigenvalue weighted by Crippen LogP contribution is 2.31. The van der Waals surface area contributed by atoms with E-state index in [1.165, 1.54) is 5.56 Å². The molecule has 0 N–H and O–H groups in total. The molecule has 1 aromatic carbocycles. The first-order valence-electron chi connectivity index (χ1n) is 5.78. The molecule has 1 aliphatic rings. The molecule has 0 radical (unpaired) electrons. The molecule has 2 heteroatoms. The van der Waals surface area contributed by atoms with Crippen molar-refractivity contribution in [1.82, 2.24) is 0 Å². The number of rotatable bonds is 0. The standard InChI is InChI=1S/C14H19NO/c1-14(2,3)10-5-6-12-11(9-10)13(16)7-8-15(12)4/h5-6,9H,7-8H2,1-4H3. The third kappa shape index (κ3) is 1.84. The van der Waals surface area contributed by atoms with Crippen molar-refractivity contribution < 1.29 is 4.79 Å². The number of anilines is 1. The minimum atomic E-state index is 0.103. The molecule has 0 spiro atoms. The summed E-state index contributed by atoms with van der Waals surface area (Å²) in [6.07, 6.45) is 0.636. The molecule has 0 aliphatic carbocycles. The fraction of sp³-hybridized carbons (Fsp3) is 0.500. The van der Waals surface area contributed by atoms with Crippen LogP contribution in [0.2, 0.25) is 0 Å². The Morgan fingerprint density at radius 2 is 1.94 bits per heavy atom. The van der Waals surface area contributed by atoms with E-state index in [1.54, 1.807) is 0 Å². The molecule has 0 saturated carbocycles. The molecule has 0 amide bonds. The topological polar surface area (TPSA) is 20.3 Å². The fourth-order valence-corrected chi connectivity index (χ4v) is 2.08. The molecule has 0 unspecified atom stereocenters. The van der Waals surface area contributed by atoms with E-state index in [0.717, 1.165) is 17.8 Å². The van der Waals surface area contributed by atoms with Gasteiger partial charge in [0.05, 0.1) is 0 Å². The second kappa shape index (κ2) is 3.62. The highest BCUT2D eigenvalue weighted by atomic mass is 16.1. The number of carbonyl (C=O) groups is 1. The number of benzene rings is 1. The zero-order valence-corrected chi connectivity index (χ0v) is 10.5. The summed E-state index contributed by atoms with van der Waals surface area (Å²) in [5.74, 6) is 0.277. The Balaban J connectivity index is 2.52. The van der Waals surface area contributed by atoms with E-state index >= 15 is 0 Å². The molecular formula is C14H19NO. The fourth-order valence-electron chi connectivity index (χ4n) is 2.08. The number of fused-ring (bicyclic) bond motifs is 1. The van der Waals surface area contributed by atoms with Crippen molar-refractivity contribution in [3.8, 4) is 0 Å². The van der Waals surface area contributed by atoms with Crippen molar-refractivity contribution in [1.29, 1.82) is 0 Å². The van der Waals surface area contributed by atoms with Gasteiger partial charge in [-0.2, -0.15) is 0 Å². The van der Waals surface area contributed by atoms with Gasteiger partial charge in [-0.1, -0.05) is 26.8 Å². The normalized spacial score (nSPS) is 16.2. The van der Waals surface area contributed by atoms with E-state index in [-0.39, 0.29) is 11.2 Å². The van der Waals surface area contributed by atoms with Gasteiger partial charge in [-0.3, -0.25) is 4.79 Å². The summed E-state index contributed by atoms with van der Waals surface area (Å²) in [5, 5.41) is 0. The maximum atomic E-state index is 11.9. The lowest BCUT2D eigenvalue weighted by Gasteiger charge is -2.29. The number of ketones is 1. The van der Waals surface area contributed by atoms with Crippen LogP contribution in [-0.2, 0) is 5.41 Å². The van der Waals surface area contributed by atoms with Crippen LogP contribution >= 0.6 is 0 Å². The van der Waals surface area contributed by atoms with Gasteiger partial charge in [0, 0.05) is 31.3 Å². The second-order valence-electron chi connectivity index (χ2n) is 5.58. The zero-order valence-electron chi connectivity index (χ0n) is 10.5. The summed E-state index contributed by atoms with van der Waals surface area (Å²) in [5.41, 5.74) is 3.30. The molecule has 1 aromatic rings. The molecule has 0 atom stereocenters. The molecule has 1 heterocycles. The van der Waals surface area contributed by atoms with Crippen LogP contribution in [0.3, 0.4) is 0 Å². The minimum Gasteiger partial charge on any atom is -0.374 e. The Morgan fingerprint density at radius 1 is 1.25 bits per heavy atom. The summed E-state index contributed by atoms with van der Waals surface area (Å²) in [7, 11) is 2.04. The van der Waals surface area contributed by atoms with E-state index in [2.05, 4.69) is 43.9 Å². The van der Waals surface area contributed by atoms with Gasteiger partial charge < -0.3 is 4.90 Å². The zero-order chi connectivity index (χ0) is 11.9. The average molecular weight is 217 g/mol. The second-order valence-corrected chi connectivity index (χ2v) is 5.58. The van der Waals surface area contributed by atoms with E-state index in [4.69, 9.17) is 0 Å². The smallest absolute Gasteiger partial charge is 0.166 e. The molecule has 2 nitrogen and oxygen atoms in total. The van der Waals surface area contributed by atoms with E-state index in [1.807, 2.05) is 7.05 Å². The van der Waals surface area contributed by atoms with Crippen LogP contribution in [0, 0.1) is 0 Å². The van der Waals surface area contributed by atoms with Crippen molar-refractivity contribution in [3.05, 3.63) is 29.3 Å². The van der Waals surface area contributed by atoms with Gasteiger partial charge in [0.15, 0.2) is 5.78 Å². The predicted octanol–water partition coefficient (Wildman–Crippen LogP) is 3.01. The molecule has 1 aliphatic heterocycles. The van der Waals surface area contributed by atoms with Crippen molar-refractivity contribution in [2.75, 3.05) is 18.5 Å². The largest absolute Gasteiger partial charge is 0.374 e.